The fourth-order valence-corrected chi connectivity index (χ4v) is 2.20. The summed E-state index contributed by atoms with van der Waals surface area (Å²) in [5.41, 5.74) is 1.60. The molecule has 0 bridgehead atoms. The molecule has 0 aliphatic carbocycles. The second-order valence-electron chi connectivity index (χ2n) is 4.62. The van der Waals surface area contributed by atoms with Gasteiger partial charge in [-0.2, -0.15) is 0 Å². The minimum Gasteiger partial charge on any atom is -0.544 e. The summed E-state index contributed by atoms with van der Waals surface area (Å²) in [6, 6.07) is 5.58. The number of aldehydes is 1. The van der Waals surface area contributed by atoms with Crippen molar-refractivity contribution in [2.24, 2.45) is 0 Å². The Labute approximate surface area is 98.0 Å². The first kappa shape index (κ1) is 12.8. The number of anilines is 1. The standard InChI is InChI=1S/C12H19NO2Si/c1-5-13-11-7-6-10(9-14)12(8-11)15-16(2,3)4/h6-9,13H,5H2,1-4H3. The van der Waals surface area contributed by atoms with Gasteiger partial charge in [0, 0.05) is 18.3 Å². The zero-order chi connectivity index (χ0) is 12.2. The fraction of sp³-hybridized carbons (Fsp3) is 0.417. The Bertz CT molecular complexity index is 372. The Morgan fingerprint density at radius 3 is 2.56 bits per heavy atom. The van der Waals surface area contributed by atoms with Crippen LogP contribution in [0.5, 0.6) is 5.75 Å². The first-order valence-corrected chi connectivity index (χ1v) is 8.89. The predicted octanol–water partition coefficient (Wildman–Crippen LogP) is 3.14. The van der Waals surface area contributed by atoms with Crippen molar-refractivity contribution in [3.63, 3.8) is 0 Å². The molecular weight excluding hydrogens is 218 g/mol. The number of benzene rings is 1. The largest absolute Gasteiger partial charge is 0.544 e. The molecule has 0 unspecified atom stereocenters. The first-order valence-electron chi connectivity index (χ1n) is 5.48. The van der Waals surface area contributed by atoms with Gasteiger partial charge >= 0.3 is 0 Å². The molecule has 16 heavy (non-hydrogen) atoms. The Morgan fingerprint density at radius 2 is 2.06 bits per heavy atom. The molecule has 0 aliphatic rings. The molecule has 0 radical (unpaired) electrons. The zero-order valence-electron chi connectivity index (χ0n) is 10.3. The van der Waals surface area contributed by atoms with Crippen molar-refractivity contribution in [2.75, 3.05) is 11.9 Å². The second kappa shape index (κ2) is 5.16. The highest BCUT2D eigenvalue weighted by Gasteiger charge is 2.18. The van der Waals surface area contributed by atoms with Crippen LogP contribution in [-0.4, -0.2) is 21.1 Å². The summed E-state index contributed by atoms with van der Waals surface area (Å²) in [6.07, 6.45) is 0.838. The fourth-order valence-electron chi connectivity index (χ4n) is 1.36. The van der Waals surface area contributed by atoms with Crippen LogP contribution in [0.25, 0.3) is 0 Å². The lowest BCUT2D eigenvalue weighted by Crippen LogP contribution is -2.29. The number of rotatable bonds is 5. The van der Waals surface area contributed by atoms with Crippen LogP contribution in [0, 0.1) is 0 Å². The highest BCUT2D eigenvalue weighted by Crippen LogP contribution is 2.24. The molecule has 88 valence electrons. The van der Waals surface area contributed by atoms with Crippen molar-refractivity contribution in [3.05, 3.63) is 23.8 Å². The van der Waals surface area contributed by atoms with Crippen molar-refractivity contribution < 1.29 is 9.22 Å². The zero-order valence-corrected chi connectivity index (χ0v) is 11.3. The number of carbonyl (C=O) groups is 1. The van der Waals surface area contributed by atoms with Crippen molar-refractivity contribution in [1.82, 2.24) is 0 Å². The smallest absolute Gasteiger partial charge is 0.242 e. The van der Waals surface area contributed by atoms with Gasteiger partial charge in [-0.1, -0.05) is 0 Å². The maximum absolute atomic E-state index is 10.9. The first-order chi connectivity index (χ1) is 7.46. The van der Waals surface area contributed by atoms with Crippen LogP contribution in [0.3, 0.4) is 0 Å². The van der Waals surface area contributed by atoms with Gasteiger partial charge in [0.05, 0.1) is 5.56 Å². The van der Waals surface area contributed by atoms with Gasteiger partial charge in [0.15, 0.2) is 6.29 Å². The molecular formula is C12H19NO2Si. The van der Waals surface area contributed by atoms with Gasteiger partial charge in [0.1, 0.15) is 5.75 Å². The molecule has 0 saturated heterocycles. The van der Waals surface area contributed by atoms with Gasteiger partial charge in [0.2, 0.25) is 8.32 Å². The molecule has 0 heterocycles. The highest BCUT2D eigenvalue weighted by molar-refractivity contribution is 6.70. The van der Waals surface area contributed by atoms with E-state index in [0.29, 0.717) is 11.3 Å². The van der Waals surface area contributed by atoms with E-state index in [1.807, 2.05) is 19.1 Å². The topological polar surface area (TPSA) is 38.3 Å². The third kappa shape index (κ3) is 3.70. The lowest BCUT2D eigenvalue weighted by Gasteiger charge is -2.21. The number of hydrogen-bond donors (Lipinski definition) is 1. The Balaban J connectivity index is 3.02. The molecule has 0 amide bonds. The Morgan fingerprint density at radius 1 is 1.38 bits per heavy atom. The molecule has 0 spiro atoms. The van der Waals surface area contributed by atoms with Crippen LogP contribution in [-0.2, 0) is 0 Å². The molecule has 1 aromatic carbocycles. The third-order valence-electron chi connectivity index (χ3n) is 1.94. The van der Waals surface area contributed by atoms with E-state index >= 15 is 0 Å². The van der Waals surface area contributed by atoms with E-state index in [4.69, 9.17) is 4.43 Å². The molecule has 1 aromatic rings. The van der Waals surface area contributed by atoms with E-state index in [1.54, 1.807) is 6.07 Å². The van der Waals surface area contributed by atoms with Gasteiger partial charge < -0.3 is 9.74 Å². The van der Waals surface area contributed by atoms with E-state index < -0.39 is 8.32 Å². The van der Waals surface area contributed by atoms with Crippen LogP contribution in [0.15, 0.2) is 18.2 Å². The lowest BCUT2D eigenvalue weighted by atomic mass is 10.2. The molecule has 0 aliphatic heterocycles. The van der Waals surface area contributed by atoms with Gasteiger partial charge in [-0.15, -0.1) is 0 Å². The number of hydrogen-bond acceptors (Lipinski definition) is 3. The van der Waals surface area contributed by atoms with Gasteiger partial charge in [0.25, 0.3) is 0 Å². The van der Waals surface area contributed by atoms with Crippen LogP contribution < -0.4 is 9.74 Å². The van der Waals surface area contributed by atoms with E-state index in [-0.39, 0.29) is 0 Å². The Hall–Kier alpha value is -1.29. The second-order valence-corrected chi connectivity index (χ2v) is 9.04. The average molecular weight is 237 g/mol. The molecule has 0 aromatic heterocycles. The van der Waals surface area contributed by atoms with Gasteiger partial charge in [-0.3, -0.25) is 4.79 Å². The number of carbonyl (C=O) groups excluding carboxylic acids is 1. The summed E-state index contributed by atoms with van der Waals surface area (Å²) in [7, 11) is -1.68. The van der Waals surface area contributed by atoms with Crippen molar-refractivity contribution in [2.45, 2.75) is 26.6 Å². The average Bonchev–Trinajstić information content (AvgIpc) is 2.16. The van der Waals surface area contributed by atoms with Crippen LogP contribution in [0.2, 0.25) is 19.6 Å². The minimum atomic E-state index is -1.68. The van der Waals surface area contributed by atoms with Crippen LogP contribution >= 0.6 is 0 Å². The number of nitrogens with one attached hydrogen (secondary N) is 1. The predicted molar refractivity (Wildman–Crippen MR) is 70.0 cm³/mol. The van der Waals surface area contributed by atoms with Crippen LogP contribution in [0.4, 0.5) is 5.69 Å². The maximum Gasteiger partial charge on any atom is 0.242 e. The van der Waals surface area contributed by atoms with E-state index in [2.05, 4.69) is 25.0 Å². The van der Waals surface area contributed by atoms with Gasteiger partial charge in [-0.25, -0.2) is 0 Å². The molecule has 0 atom stereocenters. The maximum atomic E-state index is 10.9. The summed E-state index contributed by atoms with van der Waals surface area (Å²) in [5, 5.41) is 3.20. The highest BCUT2D eigenvalue weighted by atomic mass is 28.4. The molecule has 0 saturated carbocycles. The van der Waals surface area contributed by atoms with Gasteiger partial charge in [-0.05, 0) is 38.7 Å². The summed E-state index contributed by atoms with van der Waals surface area (Å²) in [4.78, 5) is 10.9. The summed E-state index contributed by atoms with van der Waals surface area (Å²) >= 11 is 0. The van der Waals surface area contributed by atoms with E-state index in [1.165, 1.54) is 0 Å². The van der Waals surface area contributed by atoms with Crippen molar-refractivity contribution >= 4 is 20.3 Å². The van der Waals surface area contributed by atoms with Crippen LogP contribution in [0.1, 0.15) is 17.3 Å². The van der Waals surface area contributed by atoms with E-state index in [0.717, 1.165) is 18.5 Å². The molecule has 0 fully saturated rings. The molecule has 3 nitrogen and oxygen atoms in total. The van der Waals surface area contributed by atoms with Crippen molar-refractivity contribution in [1.29, 1.82) is 0 Å². The minimum absolute atomic E-state index is 0.615. The quantitative estimate of drug-likeness (QED) is 0.631. The summed E-state index contributed by atoms with van der Waals surface area (Å²) in [6.45, 7) is 9.18. The van der Waals surface area contributed by atoms with Crippen molar-refractivity contribution in [3.8, 4) is 5.75 Å². The molecule has 1 rings (SSSR count). The Kier molecular flexibility index (Phi) is 4.12. The summed E-state index contributed by atoms with van der Waals surface area (Å²) < 4.78 is 5.88. The third-order valence-corrected chi connectivity index (χ3v) is 2.77. The monoisotopic (exact) mass is 237 g/mol. The normalized spacial score (nSPS) is 11.0. The SMILES string of the molecule is CCNc1ccc(C=O)c(O[Si](C)(C)C)c1. The molecule has 1 N–H and O–H groups in total. The van der Waals surface area contributed by atoms with E-state index in [9.17, 15) is 4.79 Å². The lowest BCUT2D eigenvalue weighted by molar-refractivity contribution is 0.112. The summed E-state index contributed by atoms with van der Waals surface area (Å²) in [5.74, 6) is 0.688. The molecule has 4 heteroatoms.